The van der Waals surface area contributed by atoms with Crippen molar-refractivity contribution in [3.05, 3.63) is 35.1 Å². The monoisotopic (exact) mass is 450 g/mol. The van der Waals surface area contributed by atoms with Gasteiger partial charge >= 0.3 is 0 Å². The van der Waals surface area contributed by atoms with Crippen molar-refractivity contribution in [3.8, 4) is 0 Å². The fourth-order valence-corrected chi connectivity index (χ4v) is 1.94. The molecule has 24 heavy (non-hydrogen) atoms. The summed E-state index contributed by atoms with van der Waals surface area (Å²) in [6.07, 6.45) is 0.377. The highest BCUT2D eigenvalue weighted by Crippen LogP contribution is 2.09. The first kappa shape index (κ1) is 22.6. The molecule has 0 saturated carbocycles. The Hall–Kier alpha value is -1.38. The molecule has 0 aliphatic rings. The molecule has 0 radical (unpaired) electrons. The molecule has 5 nitrogen and oxygen atoms in total. The van der Waals surface area contributed by atoms with E-state index in [2.05, 4.69) is 20.9 Å². The topological polar surface area (TPSA) is 65.5 Å². The standard InChI is InChI=1S/C17H27FN4O.HI/c1-5-19-17(20-9-8-16(23)22-12(2)3)21-11-14-7-6-13(4)15(18)10-14;/h6-7,10,12H,5,8-9,11H2,1-4H3,(H,22,23)(H2,19,20,21);1H. The highest BCUT2D eigenvalue weighted by atomic mass is 127. The smallest absolute Gasteiger partial charge is 0.221 e. The van der Waals surface area contributed by atoms with Gasteiger partial charge in [-0.2, -0.15) is 0 Å². The lowest BCUT2D eigenvalue weighted by atomic mass is 10.1. The van der Waals surface area contributed by atoms with E-state index in [9.17, 15) is 9.18 Å². The van der Waals surface area contributed by atoms with Gasteiger partial charge in [0.25, 0.3) is 0 Å². The van der Waals surface area contributed by atoms with E-state index in [4.69, 9.17) is 0 Å². The number of benzene rings is 1. The highest BCUT2D eigenvalue weighted by Gasteiger charge is 2.04. The van der Waals surface area contributed by atoms with Crippen LogP contribution in [0.15, 0.2) is 23.2 Å². The van der Waals surface area contributed by atoms with Gasteiger partial charge in [-0.25, -0.2) is 9.38 Å². The van der Waals surface area contributed by atoms with Crippen LogP contribution in [0.2, 0.25) is 0 Å². The number of carbonyl (C=O) groups excluding carboxylic acids is 1. The summed E-state index contributed by atoms with van der Waals surface area (Å²) >= 11 is 0. The lowest BCUT2D eigenvalue weighted by Gasteiger charge is -2.12. The highest BCUT2D eigenvalue weighted by molar-refractivity contribution is 14.0. The maximum absolute atomic E-state index is 13.5. The minimum Gasteiger partial charge on any atom is -0.357 e. The number of halogens is 2. The van der Waals surface area contributed by atoms with Gasteiger partial charge in [0.1, 0.15) is 5.82 Å². The molecule has 0 atom stereocenters. The van der Waals surface area contributed by atoms with E-state index in [1.54, 1.807) is 13.0 Å². The zero-order chi connectivity index (χ0) is 17.2. The number of nitrogens with zero attached hydrogens (tertiary/aromatic N) is 1. The van der Waals surface area contributed by atoms with E-state index in [0.717, 1.165) is 5.56 Å². The second-order valence-corrected chi connectivity index (χ2v) is 5.68. The van der Waals surface area contributed by atoms with Crippen LogP contribution in [-0.2, 0) is 11.3 Å². The Morgan fingerprint density at radius 2 is 2.00 bits per heavy atom. The molecule has 0 heterocycles. The summed E-state index contributed by atoms with van der Waals surface area (Å²) in [4.78, 5) is 16.0. The van der Waals surface area contributed by atoms with Crippen molar-refractivity contribution < 1.29 is 9.18 Å². The molecule has 0 saturated heterocycles. The zero-order valence-electron chi connectivity index (χ0n) is 14.8. The summed E-state index contributed by atoms with van der Waals surface area (Å²) < 4.78 is 13.5. The van der Waals surface area contributed by atoms with Gasteiger partial charge in [0.15, 0.2) is 5.96 Å². The van der Waals surface area contributed by atoms with Crippen LogP contribution in [0.25, 0.3) is 0 Å². The van der Waals surface area contributed by atoms with Crippen molar-refractivity contribution in [2.24, 2.45) is 4.99 Å². The van der Waals surface area contributed by atoms with Gasteiger partial charge in [-0.05, 0) is 44.9 Å². The number of guanidine groups is 1. The summed E-state index contributed by atoms with van der Waals surface area (Å²) in [6, 6.07) is 5.25. The number of nitrogens with one attached hydrogen (secondary N) is 3. The van der Waals surface area contributed by atoms with E-state index < -0.39 is 0 Å². The number of aryl methyl sites for hydroxylation is 1. The molecule has 0 aliphatic carbocycles. The molecular formula is C17H28FIN4O. The van der Waals surface area contributed by atoms with Crippen LogP contribution >= 0.6 is 24.0 Å². The molecule has 0 aliphatic heterocycles. The van der Waals surface area contributed by atoms with Crippen molar-refractivity contribution in [1.29, 1.82) is 0 Å². The number of amides is 1. The second kappa shape index (κ2) is 12.0. The molecule has 0 fully saturated rings. The minimum absolute atomic E-state index is 0. The van der Waals surface area contributed by atoms with Crippen molar-refractivity contribution in [2.45, 2.75) is 46.7 Å². The predicted molar refractivity (Wildman–Crippen MR) is 107 cm³/mol. The Labute approximate surface area is 160 Å². The summed E-state index contributed by atoms with van der Waals surface area (Å²) in [7, 11) is 0. The first-order chi connectivity index (χ1) is 10.9. The van der Waals surface area contributed by atoms with E-state index in [-0.39, 0.29) is 41.7 Å². The van der Waals surface area contributed by atoms with E-state index >= 15 is 0 Å². The quantitative estimate of drug-likeness (QED) is 0.340. The Bertz CT molecular complexity index is 549. The summed E-state index contributed by atoms with van der Waals surface area (Å²) in [5.41, 5.74) is 1.43. The van der Waals surface area contributed by atoms with E-state index in [1.807, 2.05) is 26.8 Å². The first-order valence-corrected chi connectivity index (χ1v) is 7.99. The fraction of sp³-hybridized carbons (Fsp3) is 0.529. The molecule has 1 aromatic carbocycles. The fourth-order valence-electron chi connectivity index (χ4n) is 1.94. The molecule has 0 aromatic heterocycles. The first-order valence-electron chi connectivity index (χ1n) is 7.99. The average Bonchev–Trinajstić information content (AvgIpc) is 2.47. The summed E-state index contributed by atoms with van der Waals surface area (Å²) in [5, 5.41) is 9.05. The number of rotatable bonds is 7. The predicted octanol–water partition coefficient (Wildman–Crippen LogP) is 2.72. The number of carbonyl (C=O) groups is 1. The maximum atomic E-state index is 13.5. The van der Waals surface area contributed by atoms with Gasteiger partial charge in [0.05, 0.1) is 6.54 Å². The third kappa shape index (κ3) is 9.05. The second-order valence-electron chi connectivity index (χ2n) is 5.68. The van der Waals surface area contributed by atoms with Gasteiger partial charge in [-0.1, -0.05) is 12.1 Å². The largest absolute Gasteiger partial charge is 0.357 e. The molecule has 136 valence electrons. The Kier molecular flexibility index (Phi) is 11.4. The van der Waals surface area contributed by atoms with Crippen LogP contribution in [0.3, 0.4) is 0 Å². The van der Waals surface area contributed by atoms with Crippen molar-refractivity contribution in [3.63, 3.8) is 0 Å². The zero-order valence-corrected chi connectivity index (χ0v) is 17.1. The normalized spacial score (nSPS) is 11.0. The van der Waals surface area contributed by atoms with E-state index in [1.165, 1.54) is 6.07 Å². The van der Waals surface area contributed by atoms with Gasteiger partial charge in [0.2, 0.25) is 5.91 Å². The third-order valence-electron chi connectivity index (χ3n) is 3.09. The molecule has 3 N–H and O–H groups in total. The number of hydrogen-bond donors (Lipinski definition) is 3. The Balaban J connectivity index is 0.00000529. The molecule has 0 unspecified atom stereocenters. The van der Waals surface area contributed by atoms with Gasteiger partial charge in [-0.15, -0.1) is 24.0 Å². The van der Waals surface area contributed by atoms with Crippen LogP contribution in [0.1, 0.15) is 38.3 Å². The van der Waals surface area contributed by atoms with Crippen LogP contribution in [0.5, 0.6) is 0 Å². The van der Waals surface area contributed by atoms with Crippen LogP contribution < -0.4 is 16.0 Å². The molecule has 1 aromatic rings. The molecular weight excluding hydrogens is 422 g/mol. The Morgan fingerprint density at radius 3 is 2.58 bits per heavy atom. The molecule has 1 rings (SSSR count). The molecule has 1 amide bonds. The lowest BCUT2D eigenvalue weighted by molar-refractivity contribution is -0.121. The third-order valence-corrected chi connectivity index (χ3v) is 3.09. The maximum Gasteiger partial charge on any atom is 0.221 e. The van der Waals surface area contributed by atoms with E-state index in [0.29, 0.717) is 37.6 Å². The van der Waals surface area contributed by atoms with Crippen LogP contribution in [0.4, 0.5) is 4.39 Å². The van der Waals surface area contributed by atoms with Crippen molar-refractivity contribution in [1.82, 2.24) is 16.0 Å². The van der Waals surface area contributed by atoms with Crippen molar-refractivity contribution >= 4 is 35.8 Å². The summed E-state index contributed by atoms with van der Waals surface area (Å²) in [5.74, 6) is 0.399. The SMILES string of the molecule is CCNC(=NCc1ccc(C)c(F)c1)NCCC(=O)NC(C)C.I. The van der Waals surface area contributed by atoms with Crippen LogP contribution in [-0.4, -0.2) is 31.0 Å². The minimum atomic E-state index is -0.221. The average molecular weight is 450 g/mol. The van der Waals surface area contributed by atoms with Gasteiger partial charge < -0.3 is 16.0 Å². The lowest BCUT2D eigenvalue weighted by Crippen LogP contribution is -2.40. The molecule has 0 bridgehead atoms. The molecule has 0 spiro atoms. The van der Waals surface area contributed by atoms with Crippen molar-refractivity contribution in [2.75, 3.05) is 13.1 Å². The Morgan fingerprint density at radius 1 is 1.29 bits per heavy atom. The van der Waals surface area contributed by atoms with Crippen LogP contribution in [0, 0.1) is 12.7 Å². The van der Waals surface area contributed by atoms with Gasteiger partial charge in [0, 0.05) is 25.6 Å². The summed E-state index contributed by atoms with van der Waals surface area (Å²) in [6.45, 7) is 9.14. The van der Waals surface area contributed by atoms with Gasteiger partial charge in [-0.3, -0.25) is 4.79 Å². The number of aliphatic imine (C=N–C) groups is 1. The number of hydrogen-bond acceptors (Lipinski definition) is 2. The molecule has 7 heteroatoms.